The molecule has 0 saturated carbocycles. The van der Waals surface area contributed by atoms with Crippen LogP contribution in [0, 0.1) is 6.92 Å². The number of pyridine rings is 1. The van der Waals surface area contributed by atoms with Crippen molar-refractivity contribution in [3.63, 3.8) is 0 Å². The van der Waals surface area contributed by atoms with Crippen LogP contribution in [0.2, 0.25) is 0 Å². The molecule has 1 aromatic carbocycles. The summed E-state index contributed by atoms with van der Waals surface area (Å²) in [7, 11) is 0. The number of ether oxygens (including phenoxy) is 1. The molecule has 0 amide bonds. The van der Waals surface area contributed by atoms with Crippen molar-refractivity contribution in [2.75, 3.05) is 12.3 Å². The van der Waals surface area contributed by atoms with Crippen molar-refractivity contribution < 1.29 is 4.74 Å². The van der Waals surface area contributed by atoms with Gasteiger partial charge in [-0.15, -0.1) is 0 Å². The van der Waals surface area contributed by atoms with Gasteiger partial charge in [0, 0.05) is 6.07 Å². The maximum absolute atomic E-state index is 5.70. The Bertz CT molecular complexity index is 497. The monoisotopic (exact) mass is 242 g/mol. The van der Waals surface area contributed by atoms with E-state index in [1.807, 2.05) is 19.1 Å². The topological polar surface area (TPSA) is 48.1 Å². The van der Waals surface area contributed by atoms with Crippen LogP contribution in [-0.4, -0.2) is 11.6 Å². The number of nitrogens with two attached hydrogens (primary N) is 1. The van der Waals surface area contributed by atoms with E-state index in [2.05, 4.69) is 29.2 Å². The summed E-state index contributed by atoms with van der Waals surface area (Å²) < 4.78 is 5.60. The molecule has 18 heavy (non-hydrogen) atoms. The minimum absolute atomic E-state index is 0.648. The fourth-order valence-electron chi connectivity index (χ4n) is 1.72. The molecule has 0 aliphatic rings. The highest BCUT2D eigenvalue weighted by Gasteiger charge is 1.99. The molecule has 0 bridgehead atoms. The minimum Gasteiger partial charge on any atom is -0.478 e. The zero-order valence-corrected chi connectivity index (χ0v) is 10.6. The van der Waals surface area contributed by atoms with Gasteiger partial charge < -0.3 is 10.5 Å². The van der Waals surface area contributed by atoms with E-state index < -0.39 is 0 Å². The highest BCUT2D eigenvalue weighted by Crippen LogP contribution is 2.15. The minimum atomic E-state index is 0.648. The molecule has 3 nitrogen and oxygen atoms in total. The Balaban J connectivity index is 1.77. The molecule has 0 unspecified atom stereocenters. The van der Waals surface area contributed by atoms with Crippen molar-refractivity contribution in [3.8, 4) is 5.88 Å². The molecule has 0 saturated heterocycles. The van der Waals surface area contributed by atoms with Crippen molar-refractivity contribution in [1.29, 1.82) is 0 Å². The van der Waals surface area contributed by atoms with Crippen LogP contribution in [0.25, 0.3) is 0 Å². The molecule has 2 rings (SSSR count). The lowest BCUT2D eigenvalue weighted by molar-refractivity contribution is 0.299. The quantitative estimate of drug-likeness (QED) is 0.820. The summed E-state index contributed by atoms with van der Waals surface area (Å²) in [6.07, 6.45) is 3.64. The van der Waals surface area contributed by atoms with E-state index >= 15 is 0 Å². The summed E-state index contributed by atoms with van der Waals surface area (Å²) in [5.41, 5.74) is 8.74. The van der Waals surface area contributed by atoms with Gasteiger partial charge in [-0.1, -0.05) is 30.3 Å². The normalized spacial score (nSPS) is 10.3. The van der Waals surface area contributed by atoms with E-state index in [-0.39, 0.29) is 0 Å². The highest BCUT2D eigenvalue weighted by molar-refractivity contribution is 5.45. The Kier molecular flexibility index (Phi) is 4.18. The first-order valence-electron chi connectivity index (χ1n) is 6.14. The molecule has 0 radical (unpaired) electrons. The lowest BCUT2D eigenvalue weighted by Gasteiger charge is -2.07. The van der Waals surface area contributed by atoms with Gasteiger partial charge >= 0.3 is 0 Å². The first-order valence-corrected chi connectivity index (χ1v) is 6.14. The maximum Gasteiger partial charge on any atom is 0.213 e. The fraction of sp³-hybridized carbons (Fsp3) is 0.267. The summed E-state index contributed by atoms with van der Waals surface area (Å²) in [5, 5.41) is 0. The summed E-state index contributed by atoms with van der Waals surface area (Å²) >= 11 is 0. The van der Waals surface area contributed by atoms with Crippen molar-refractivity contribution in [3.05, 3.63) is 53.7 Å². The largest absolute Gasteiger partial charge is 0.478 e. The van der Waals surface area contributed by atoms with Gasteiger partial charge in [0.15, 0.2) is 0 Å². The molecular weight excluding hydrogens is 224 g/mol. The van der Waals surface area contributed by atoms with Crippen molar-refractivity contribution in [1.82, 2.24) is 4.98 Å². The van der Waals surface area contributed by atoms with Crippen molar-refractivity contribution in [2.45, 2.75) is 19.8 Å². The molecule has 0 aliphatic carbocycles. The van der Waals surface area contributed by atoms with Crippen molar-refractivity contribution in [2.24, 2.45) is 0 Å². The molecule has 3 heteroatoms. The van der Waals surface area contributed by atoms with Gasteiger partial charge in [-0.3, -0.25) is 0 Å². The van der Waals surface area contributed by atoms with E-state index in [0.29, 0.717) is 18.2 Å². The molecule has 0 aliphatic heterocycles. The fourth-order valence-corrected chi connectivity index (χ4v) is 1.72. The number of nitrogen functional groups attached to an aromatic ring is 1. The summed E-state index contributed by atoms with van der Waals surface area (Å²) in [4.78, 5) is 4.14. The van der Waals surface area contributed by atoms with E-state index in [1.54, 1.807) is 6.20 Å². The van der Waals surface area contributed by atoms with Gasteiger partial charge in [-0.2, -0.15) is 0 Å². The Hall–Kier alpha value is -2.03. The van der Waals surface area contributed by atoms with E-state index in [4.69, 9.17) is 10.5 Å². The van der Waals surface area contributed by atoms with Crippen LogP contribution in [0.4, 0.5) is 5.69 Å². The first kappa shape index (κ1) is 12.4. The molecule has 94 valence electrons. The SMILES string of the molecule is Cc1cc(OCCCc2ccccc2)ncc1N. The molecule has 2 aromatic rings. The van der Waals surface area contributed by atoms with Gasteiger partial charge in [-0.25, -0.2) is 4.98 Å². The molecule has 1 heterocycles. The number of hydrogen-bond acceptors (Lipinski definition) is 3. The molecule has 2 N–H and O–H groups in total. The van der Waals surface area contributed by atoms with Crippen LogP contribution in [0.3, 0.4) is 0 Å². The highest BCUT2D eigenvalue weighted by atomic mass is 16.5. The number of nitrogens with zero attached hydrogens (tertiary/aromatic N) is 1. The first-order chi connectivity index (χ1) is 8.75. The molecule has 0 atom stereocenters. The molecule has 0 fully saturated rings. The van der Waals surface area contributed by atoms with Crippen LogP contribution in [-0.2, 0) is 6.42 Å². The Morgan fingerprint density at radius 1 is 1.22 bits per heavy atom. The second-order valence-electron chi connectivity index (χ2n) is 4.32. The number of hydrogen-bond donors (Lipinski definition) is 1. The second kappa shape index (κ2) is 6.05. The predicted molar refractivity (Wildman–Crippen MR) is 73.6 cm³/mol. The van der Waals surface area contributed by atoms with E-state index in [1.165, 1.54) is 5.56 Å². The van der Waals surface area contributed by atoms with Crippen LogP contribution in [0.1, 0.15) is 17.5 Å². The van der Waals surface area contributed by atoms with Crippen LogP contribution in [0.15, 0.2) is 42.6 Å². The van der Waals surface area contributed by atoms with Crippen molar-refractivity contribution >= 4 is 5.69 Å². The summed E-state index contributed by atoms with van der Waals surface area (Å²) in [5.74, 6) is 0.648. The van der Waals surface area contributed by atoms with Gasteiger partial charge in [0.2, 0.25) is 5.88 Å². The third-order valence-corrected chi connectivity index (χ3v) is 2.83. The standard InChI is InChI=1S/C15H18N2O/c1-12-10-15(17-11-14(12)16)18-9-5-8-13-6-3-2-4-7-13/h2-4,6-7,10-11H,5,8-9,16H2,1H3. The average molecular weight is 242 g/mol. The number of benzene rings is 1. The third-order valence-electron chi connectivity index (χ3n) is 2.83. The smallest absolute Gasteiger partial charge is 0.213 e. The zero-order valence-electron chi connectivity index (χ0n) is 10.6. The van der Waals surface area contributed by atoms with Gasteiger partial charge in [0.1, 0.15) is 0 Å². The Morgan fingerprint density at radius 2 is 2.00 bits per heavy atom. The second-order valence-corrected chi connectivity index (χ2v) is 4.32. The Labute approximate surface area is 108 Å². The molecular formula is C15H18N2O. The van der Waals surface area contributed by atoms with Gasteiger partial charge in [-0.05, 0) is 30.9 Å². The number of aromatic nitrogens is 1. The number of rotatable bonds is 5. The maximum atomic E-state index is 5.70. The molecule has 1 aromatic heterocycles. The summed E-state index contributed by atoms with van der Waals surface area (Å²) in [6.45, 7) is 2.62. The predicted octanol–water partition coefficient (Wildman–Crippen LogP) is 2.98. The zero-order chi connectivity index (χ0) is 12.8. The van der Waals surface area contributed by atoms with E-state index in [0.717, 1.165) is 18.4 Å². The summed E-state index contributed by atoms with van der Waals surface area (Å²) in [6, 6.07) is 12.3. The lowest BCUT2D eigenvalue weighted by Crippen LogP contribution is -2.02. The third kappa shape index (κ3) is 3.48. The lowest BCUT2D eigenvalue weighted by atomic mass is 10.1. The van der Waals surface area contributed by atoms with Gasteiger partial charge in [0.05, 0.1) is 18.5 Å². The average Bonchev–Trinajstić information content (AvgIpc) is 2.40. The molecule has 0 spiro atoms. The number of aryl methyl sites for hydroxylation is 2. The Morgan fingerprint density at radius 3 is 2.72 bits per heavy atom. The van der Waals surface area contributed by atoms with Crippen LogP contribution < -0.4 is 10.5 Å². The van der Waals surface area contributed by atoms with Crippen LogP contribution in [0.5, 0.6) is 5.88 Å². The van der Waals surface area contributed by atoms with Crippen LogP contribution >= 0.6 is 0 Å². The van der Waals surface area contributed by atoms with E-state index in [9.17, 15) is 0 Å². The number of anilines is 1. The van der Waals surface area contributed by atoms with Gasteiger partial charge in [0.25, 0.3) is 0 Å².